The number of ether oxygens (including phenoxy) is 3. The van der Waals surface area contributed by atoms with Crippen molar-refractivity contribution >= 4 is 23.4 Å². The van der Waals surface area contributed by atoms with Crippen molar-refractivity contribution in [2.45, 2.75) is 33.0 Å². The molecule has 184 valence electrons. The second-order valence-electron chi connectivity index (χ2n) is 7.97. The van der Waals surface area contributed by atoms with Crippen LogP contribution in [0.1, 0.15) is 24.5 Å². The fourth-order valence-electron chi connectivity index (χ4n) is 3.55. The van der Waals surface area contributed by atoms with Crippen LogP contribution in [0.5, 0.6) is 0 Å². The van der Waals surface area contributed by atoms with Gasteiger partial charge in [-0.2, -0.15) is 4.98 Å². The summed E-state index contributed by atoms with van der Waals surface area (Å²) in [5.41, 5.74) is 2.00. The van der Waals surface area contributed by atoms with Gasteiger partial charge in [0.2, 0.25) is 18.3 Å². The third kappa shape index (κ3) is 6.89. The highest BCUT2D eigenvalue weighted by molar-refractivity contribution is 5.87. The maximum absolute atomic E-state index is 12.5. The number of rotatable bonds is 12. The standard InChI is InChI=1S/C25H29N5O5/c1-18(31)27-24-28-22-21(23(32)29-24)26-17-30(22)25(35-16-20-11-6-3-7-12-20)34-14-8-13-33-15-19-9-4-2-5-10-19/h2-7,9-12,25-26H,8,13-17H2,1H3,(H2,27,28,29,31,32). The molecule has 0 fully saturated rings. The van der Waals surface area contributed by atoms with Crippen LogP contribution in [0.15, 0.2) is 65.5 Å². The summed E-state index contributed by atoms with van der Waals surface area (Å²) in [6.45, 7) is 3.36. The number of amides is 1. The van der Waals surface area contributed by atoms with Crippen molar-refractivity contribution < 1.29 is 19.0 Å². The summed E-state index contributed by atoms with van der Waals surface area (Å²) < 4.78 is 17.9. The van der Waals surface area contributed by atoms with Gasteiger partial charge in [-0.1, -0.05) is 60.7 Å². The number of carbonyl (C=O) groups excluding carboxylic acids is 1. The number of aromatic nitrogens is 2. The molecule has 4 rings (SSSR count). The number of nitrogens with one attached hydrogen (secondary N) is 3. The molecule has 0 saturated carbocycles. The minimum atomic E-state index is -0.808. The SMILES string of the molecule is CC(=O)Nc1nc2c(c(=O)[nH]1)NCN2C(OCCCOCc1ccccc1)OCc1ccccc1. The summed E-state index contributed by atoms with van der Waals surface area (Å²) in [6.07, 6.45) is -0.149. The molecular formula is C25H29N5O5. The average Bonchev–Trinajstić information content (AvgIpc) is 3.28. The molecule has 1 amide bonds. The number of fused-ring (bicyclic) bond motifs is 1. The normalized spacial score (nSPS) is 13.2. The quantitative estimate of drug-likeness (QED) is 0.268. The van der Waals surface area contributed by atoms with Gasteiger partial charge in [0.15, 0.2) is 5.82 Å². The molecule has 2 aromatic carbocycles. The number of hydrogen-bond donors (Lipinski definition) is 3. The van der Waals surface area contributed by atoms with Crippen LogP contribution in [0, 0.1) is 0 Å². The molecule has 0 spiro atoms. The van der Waals surface area contributed by atoms with E-state index in [4.69, 9.17) is 14.2 Å². The van der Waals surface area contributed by atoms with Gasteiger partial charge in [-0.25, -0.2) is 0 Å². The van der Waals surface area contributed by atoms with Crippen molar-refractivity contribution in [2.75, 3.05) is 35.4 Å². The van der Waals surface area contributed by atoms with E-state index in [2.05, 4.69) is 20.6 Å². The fourth-order valence-corrected chi connectivity index (χ4v) is 3.55. The third-order valence-corrected chi connectivity index (χ3v) is 5.19. The first-order chi connectivity index (χ1) is 17.1. The lowest BCUT2D eigenvalue weighted by Crippen LogP contribution is -2.40. The van der Waals surface area contributed by atoms with Crippen LogP contribution >= 0.6 is 0 Å². The number of benzene rings is 2. The highest BCUT2D eigenvalue weighted by atomic mass is 16.7. The molecule has 1 atom stereocenters. The van der Waals surface area contributed by atoms with Gasteiger partial charge in [-0.05, 0) is 17.5 Å². The molecule has 10 nitrogen and oxygen atoms in total. The highest BCUT2D eigenvalue weighted by Gasteiger charge is 2.31. The maximum atomic E-state index is 12.5. The lowest BCUT2D eigenvalue weighted by atomic mass is 10.2. The molecule has 0 aliphatic carbocycles. The molecule has 1 aliphatic rings. The first-order valence-corrected chi connectivity index (χ1v) is 11.4. The molecule has 0 saturated heterocycles. The molecule has 2 heterocycles. The van der Waals surface area contributed by atoms with E-state index in [0.29, 0.717) is 44.4 Å². The number of carbonyl (C=O) groups is 1. The Labute approximate surface area is 203 Å². The van der Waals surface area contributed by atoms with Crippen LogP contribution in [-0.2, 0) is 32.2 Å². The number of aromatic amines is 1. The van der Waals surface area contributed by atoms with E-state index in [1.807, 2.05) is 60.7 Å². The zero-order valence-corrected chi connectivity index (χ0v) is 19.5. The molecule has 1 aliphatic heterocycles. The summed E-state index contributed by atoms with van der Waals surface area (Å²) in [5.74, 6) is 0.0659. The van der Waals surface area contributed by atoms with E-state index in [1.165, 1.54) is 6.92 Å². The van der Waals surface area contributed by atoms with Gasteiger partial charge >= 0.3 is 0 Å². The minimum Gasteiger partial charge on any atom is -0.377 e. The Kier molecular flexibility index (Phi) is 8.44. The van der Waals surface area contributed by atoms with Crippen LogP contribution < -0.4 is 21.1 Å². The van der Waals surface area contributed by atoms with Crippen molar-refractivity contribution in [2.24, 2.45) is 0 Å². The van der Waals surface area contributed by atoms with Gasteiger partial charge in [0.1, 0.15) is 5.69 Å². The first-order valence-electron chi connectivity index (χ1n) is 11.4. The van der Waals surface area contributed by atoms with Crippen LogP contribution in [0.4, 0.5) is 17.5 Å². The average molecular weight is 480 g/mol. The molecule has 3 N–H and O–H groups in total. The zero-order valence-electron chi connectivity index (χ0n) is 19.5. The van der Waals surface area contributed by atoms with Gasteiger partial charge in [-0.3, -0.25) is 24.8 Å². The second-order valence-corrected chi connectivity index (χ2v) is 7.97. The Bertz CT molecular complexity index is 1160. The third-order valence-electron chi connectivity index (χ3n) is 5.19. The van der Waals surface area contributed by atoms with Gasteiger partial charge in [-0.15, -0.1) is 0 Å². The van der Waals surface area contributed by atoms with Crippen molar-refractivity contribution in [1.82, 2.24) is 9.97 Å². The van der Waals surface area contributed by atoms with Crippen LogP contribution in [-0.4, -0.2) is 42.2 Å². The smallest absolute Gasteiger partial charge is 0.277 e. The largest absolute Gasteiger partial charge is 0.377 e. The zero-order chi connectivity index (χ0) is 24.5. The summed E-state index contributed by atoms with van der Waals surface area (Å²) in [4.78, 5) is 32.6. The lowest BCUT2D eigenvalue weighted by Gasteiger charge is -2.28. The Morgan fingerprint density at radius 3 is 2.40 bits per heavy atom. The van der Waals surface area contributed by atoms with Crippen molar-refractivity contribution in [3.63, 3.8) is 0 Å². The van der Waals surface area contributed by atoms with Gasteiger partial charge < -0.3 is 19.5 Å². The summed E-state index contributed by atoms with van der Waals surface area (Å²) in [7, 11) is 0. The summed E-state index contributed by atoms with van der Waals surface area (Å²) in [6, 6.07) is 19.7. The topological polar surface area (TPSA) is 118 Å². The molecule has 10 heteroatoms. The van der Waals surface area contributed by atoms with E-state index in [1.54, 1.807) is 4.90 Å². The van der Waals surface area contributed by atoms with E-state index in [9.17, 15) is 9.59 Å². The number of nitrogens with zero attached hydrogens (tertiary/aromatic N) is 2. The van der Waals surface area contributed by atoms with E-state index < -0.39 is 12.0 Å². The minimum absolute atomic E-state index is 0.0612. The van der Waals surface area contributed by atoms with Gasteiger partial charge in [0.05, 0.1) is 26.5 Å². The maximum Gasteiger partial charge on any atom is 0.277 e. The Hall–Kier alpha value is -3.73. The van der Waals surface area contributed by atoms with Crippen molar-refractivity contribution in [3.05, 3.63) is 82.1 Å². The van der Waals surface area contributed by atoms with Crippen molar-refractivity contribution in [1.29, 1.82) is 0 Å². The monoisotopic (exact) mass is 479 g/mol. The number of anilines is 3. The Balaban J connectivity index is 1.40. The molecule has 0 bridgehead atoms. The van der Waals surface area contributed by atoms with E-state index >= 15 is 0 Å². The highest BCUT2D eigenvalue weighted by Crippen LogP contribution is 2.29. The van der Waals surface area contributed by atoms with E-state index in [-0.39, 0.29) is 18.5 Å². The second kappa shape index (κ2) is 12.1. The van der Waals surface area contributed by atoms with Crippen LogP contribution in [0.2, 0.25) is 0 Å². The fraction of sp³-hybridized carbons (Fsp3) is 0.320. The lowest BCUT2D eigenvalue weighted by molar-refractivity contribution is -0.151. The molecule has 1 aromatic heterocycles. The van der Waals surface area contributed by atoms with Crippen LogP contribution in [0.3, 0.4) is 0 Å². The van der Waals surface area contributed by atoms with E-state index in [0.717, 1.165) is 11.1 Å². The molecule has 3 aromatic rings. The van der Waals surface area contributed by atoms with Crippen molar-refractivity contribution in [3.8, 4) is 0 Å². The predicted molar refractivity (Wildman–Crippen MR) is 132 cm³/mol. The first kappa shape index (κ1) is 24.4. The summed E-state index contributed by atoms with van der Waals surface area (Å²) >= 11 is 0. The number of hydrogen-bond acceptors (Lipinski definition) is 8. The summed E-state index contributed by atoms with van der Waals surface area (Å²) in [5, 5.41) is 5.54. The predicted octanol–water partition coefficient (Wildman–Crippen LogP) is 3.04. The van der Waals surface area contributed by atoms with Crippen LogP contribution in [0.25, 0.3) is 0 Å². The number of H-pyrrole nitrogens is 1. The molecule has 0 radical (unpaired) electrons. The Morgan fingerprint density at radius 2 is 1.71 bits per heavy atom. The molecular weight excluding hydrogens is 450 g/mol. The Morgan fingerprint density at radius 1 is 1.03 bits per heavy atom. The molecule has 35 heavy (non-hydrogen) atoms. The van der Waals surface area contributed by atoms with Gasteiger partial charge in [0, 0.05) is 13.5 Å². The molecule has 1 unspecified atom stereocenters. The van der Waals surface area contributed by atoms with Gasteiger partial charge in [0.25, 0.3) is 5.56 Å².